The summed E-state index contributed by atoms with van der Waals surface area (Å²) >= 11 is 0. The van der Waals surface area contributed by atoms with Gasteiger partial charge in [-0.1, -0.05) is 36.4 Å². The van der Waals surface area contributed by atoms with Crippen molar-refractivity contribution in [2.75, 3.05) is 24.9 Å². The summed E-state index contributed by atoms with van der Waals surface area (Å²) in [5.41, 5.74) is 5.66. The van der Waals surface area contributed by atoms with Gasteiger partial charge in [-0.15, -0.1) is 0 Å². The minimum atomic E-state index is 0.816. The Morgan fingerprint density at radius 2 is 0.912 bits per heavy atom. The third kappa shape index (κ3) is 6.01. The van der Waals surface area contributed by atoms with E-state index in [1.165, 1.54) is 0 Å². The number of hydrogen-bond acceptors (Lipinski definition) is 6. The van der Waals surface area contributed by atoms with E-state index < -0.39 is 0 Å². The Balaban J connectivity index is 1.45. The van der Waals surface area contributed by atoms with Crippen molar-refractivity contribution >= 4 is 35.2 Å². The molecule has 170 valence electrons. The molecule has 0 aliphatic heterocycles. The molecular weight excluding hydrogens is 424 g/mol. The molecule has 0 heterocycles. The third-order valence-corrected chi connectivity index (χ3v) is 5.12. The maximum atomic E-state index is 5.22. The first-order valence-electron chi connectivity index (χ1n) is 10.8. The number of anilines is 4. The molecule has 4 aromatic carbocycles. The van der Waals surface area contributed by atoms with Crippen LogP contribution < -0.4 is 20.1 Å². The zero-order valence-electron chi connectivity index (χ0n) is 19.1. The van der Waals surface area contributed by atoms with E-state index in [1.54, 1.807) is 26.6 Å². The van der Waals surface area contributed by atoms with E-state index in [4.69, 9.17) is 9.47 Å². The fourth-order valence-corrected chi connectivity index (χ4v) is 3.30. The highest BCUT2D eigenvalue weighted by Crippen LogP contribution is 2.23. The molecule has 0 bridgehead atoms. The molecule has 34 heavy (non-hydrogen) atoms. The zero-order chi connectivity index (χ0) is 23.6. The molecule has 0 amide bonds. The molecule has 6 heteroatoms. The Hall–Kier alpha value is -4.58. The number of methoxy groups -OCH3 is 2. The lowest BCUT2D eigenvalue weighted by atomic mass is 10.2. The van der Waals surface area contributed by atoms with E-state index in [9.17, 15) is 0 Å². The molecule has 0 radical (unpaired) electrons. The minimum absolute atomic E-state index is 0.816. The van der Waals surface area contributed by atoms with Gasteiger partial charge in [0.2, 0.25) is 0 Å². The van der Waals surface area contributed by atoms with Crippen LogP contribution in [0.4, 0.5) is 22.7 Å². The van der Waals surface area contributed by atoms with Gasteiger partial charge in [0.25, 0.3) is 0 Å². The lowest BCUT2D eigenvalue weighted by Crippen LogP contribution is -1.96. The van der Waals surface area contributed by atoms with Crippen LogP contribution in [-0.4, -0.2) is 26.6 Å². The van der Waals surface area contributed by atoms with Crippen molar-refractivity contribution in [2.24, 2.45) is 10.2 Å². The van der Waals surface area contributed by atoms with Gasteiger partial charge in [0.05, 0.1) is 26.6 Å². The van der Waals surface area contributed by atoms with Gasteiger partial charge in [-0.25, -0.2) is 0 Å². The molecule has 2 N–H and O–H groups in total. The summed E-state index contributed by atoms with van der Waals surface area (Å²) in [6.07, 6.45) is 3.48. The van der Waals surface area contributed by atoms with Crippen LogP contribution in [0.5, 0.6) is 11.5 Å². The van der Waals surface area contributed by atoms with E-state index in [2.05, 4.69) is 20.8 Å². The van der Waals surface area contributed by atoms with Gasteiger partial charge >= 0.3 is 0 Å². The molecule has 4 aromatic rings. The van der Waals surface area contributed by atoms with E-state index in [0.717, 1.165) is 45.4 Å². The molecule has 0 saturated carbocycles. The monoisotopic (exact) mass is 450 g/mol. The van der Waals surface area contributed by atoms with Crippen LogP contribution in [0, 0.1) is 0 Å². The number of nitrogens with zero attached hydrogens (tertiary/aromatic N) is 2. The Morgan fingerprint density at radius 3 is 1.29 bits per heavy atom. The number of ether oxygens (including phenoxy) is 2. The Labute approximate surface area is 199 Å². The summed E-state index contributed by atoms with van der Waals surface area (Å²) in [6.45, 7) is 0. The van der Waals surface area contributed by atoms with Crippen LogP contribution in [0.2, 0.25) is 0 Å². The molecule has 4 rings (SSSR count). The number of benzene rings is 4. The van der Waals surface area contributed by atoms with E-state index in [0.29, 0.717) is 0 Å². The minimum Gasteiger partial charge on any atom is -0.497 e. The molecular formula is C28H26N4O2. The summed E-state index contributed by atoms with van der Waals surface area (Å²) in [5.74, 6) is 1.63. The Kier molecular flexibility index (Phi) is 7.54. The van der Waals surface area contributed by atoms with Crippen LogP contribution in [0.3, 0.4) is 0 Å². The first-order valence-corrected chi connectivity index (χ1v) is 10.8. The first kappa shape index (κ1) is 22.6. The van der Waals surface area contributed by atoms with Crippen molar-refractivity contribution in [3.63, 3.8) is 0 Å². The van der Waals surface area contributed by atoms with Gasteiger partial charge in [-0.05, 0) is 60.7 Å². The quantitative estimate of drug-likeness (QED) is 0.221. The van der Waals surface area contributed by atoms with Gasteiger partial charge in [0.15, 0.2) is 0 Å². The predicted molar refractivity (Wildman–Crippen MR) is 141 cm³/mol. The second-order valence-electron chi connectivity index (χ2n) is 7.37. The topological polar surface area (TPSA) is 67.2 Å². The molecule has 0 fully saturated rings. The summed E-state index contributed by atoms with van der Waals surface area (Å²) in [5, 5.41) is 15.4. The van der Waals surface area contributed by atoms with Gasteiger partial charge in [-0.3, -0.25) is 0 Å². The SMILES string of the molecule is COc1ccc(Nc2ccccc2C=NN=Cc2ccccc2Nc2ccc(OC)cc2)cc1. The van der Waals surface area contributed by atoms with Crippen LogP contribution in [0.25, 0.3) is 0 Å². The fraction of sp³-hybridized carbons (Fsp3) is 0.0714. The van der Waals surface area contributed by atoms with E-state index in [-0.39, 0.29) is 0 Å². The van der Waals surface area contributed by atoms with E-state index >= 15 is 0 Å². The predicted octanol–water partition coefficient (Wildman–Crippen LogP) is 6.64. The maximum Gasteiger partial charge on any atom is 0.119 e. The molecule has 0 aliphatic carbocycles. The first-order chi connectivity index (χ1) is 16.7. The number of nitrogens with one attached hydrogen (secondary N) is 2. The number of para-hydroxylation sites is 2. The Bertz CT molecular complexity index is 1170. The zero-order valence-corrected chi connectivity index (χ0v) is 19.1. The second-order valence-corrected chi connectivity index (χ2v) is 7.37. The number of hydrogen-bond donors (Lipinski definition) is 2. The standard InChI is InChI=1S/C28H26N4O2/c1-33-25-15-11-23(12-16-25)31-27-9-5-3-7-21(27)19-29-30-20-22-8-4-6-10-28(22)32-24-13-17-26(34-2)18-14-24/h3-20,31-32H,1-2H3. The summed E-state index contributed by atoms with van der Waals surface area (Å²) < 4.78 is 10.4. The molecule has 0 saturated heterocycles. The highest BCUT2D eigenvalue weighted by molar-refractivity contribution is 5.91. The third-order valence-electron chi connectivity index (χ3n) is 5.12. The van der Waals surface area contributed by atoms with Crippen LogP contribution in [0.15, 0.2) is 107 Å². The lowest BCUT2D eigenvalue weighted by Gasteiger charge is -2.10. The molecule has 6 nitrogen and oxygen atoms in total. The van der Waals surface area contributed by atoms with Crippen molar-refractivity contribution in [2.45, 2.75) is 0 Å². The second kappa shape index (κ2) is 11.3. The average Bonchev–Trinajstić information content (AvgIpc) is 2.89. The van der Waals surface area contributed by atoms with Crippen LogP contribution in [0.1, 0.15) is 11.1 Å². The highest BCUT2D eigenvalue weighted by atomic mass is 16.5. The van der Waals surface area contributed by atoms with Crippen molar-refractivity contribution < 1.29 is 9.47 Å². The van der Waals surface area contributed by atoms with Crippen LogP contribution in [-0.2, 0) is 0 Å². The highest BCUT2D eigenvalue weighted by Gasteiger charge is 2.02. The molecule has 0 aliphatic rings. The smallest absolute Gasteiger partial charge is 0.119 e. The van der Waals surface area contributed by atoms with Crippen molar-refractivity contribution in [3.05, 3.63) is 108 Å². The summed E-state index contributed by atoms with van der Waals surface area (Å²) in [6, 6.07) is 31.4. The Morgan fingerprint density at radius 1 is 0.529 bits per heavy atom. The van der Waals surface area contributed by atoms with Crippen molar-refractivity contribution in [1.82, 2.24) is 0 Å². The van der Waals surface area contributed by atoms with Crippen molar-refractivity contribution in [1.29, 1.82) is 0 Å². The van der Waals surface area contributed by atoms with E-state index in [1.807, 2.05) is 97.1 Å². The lowest BCUT2D eigenvalue weighted by molar-refractivity contribution is 0.415. The number of rotatable bonds is 9. The molecule has 0 atom stereocenters. The molecule has 0 unspecified atom stereocenters. The van der Waals surface area contributed by atoms with Gasteiger partial charge < -0.3 is 20.1 Å². The van der Waals surface area contributed by atoms with Gasteiger partial charge in [-0.2, -0.15) is 10.2 Å². The maximum absolute atomic E-state index is 5.22. The largest absolute Gasteiger partial charge is 0.497 e. The molecule has 0 aromatic heterocycles. The van der Waals surface area contributed by atoms with Gasteiger partial charge in [0, 0.05) is 33.9 Å². The summed E-state index contributed by atoms with van der Waals surface area (Å²) in [4.78, 5) is 0. The fourth-order valence-electron chi connectivity index (χ4n) is 3.30. The van der Waals surface area contributed by atoms with Gasteiger partial charge in [0.1, 0.15) is 11.5 Å². The summed E-state index contributed by atoms with van der Waals surface area (Å²) in [7, 11) is 3.31. The van der Waals surface area contributed by atoms with Crippen molar-refractivity contribution in [3.8, 4) is 11.5 Å². The molecule has 0 spiro atoms. The van der Waals surface area contributed by atoms with Crippen LogP contribution >= 0.6 is 0 Å². The average molecular weight is 451 g/mol. The normalized spacial score (nSPS) is 11.0.